The van der Waals surface area contributed by atoms with Crippen LogP contribution < -0.4 is 0 Å². The lowest BCUT2D eigenvalue weighted by Gasteiger charge is -2.40. The molecule has 0 N–H and O–H groups in total. The van der Waals surface area contributed by atoms with Crippen LogP contribution in [0.2, 0.25) is 0 Å². The molecule has 1 atom stereocenters. The van der Waals surface area contributed by atoms with Gasteiger partial charge in [-0.3, -0.25) is 13.9 Å². The third kappa shape index (κ3) is 7.18. The predicted octanol–water partition coefficient (Wildman–Crippen LogP) is 4.12. The summed E-state index contributed by atoms with van der Waals surface area (Å²) in [6.07, 6.45) is 4.23. The fourth-order valence-electron chi connectivity index (χ4n) is 4.48. The molecule has 2 saturated heterocycles. The molecule has 8 nitrogen and oxygen atoms in total. The van der Waals surface area contributed by atoms with E-state index in [1.807, 2.05) is 32.6 Å². The quantitative estimate of drug-likeness (QED) is 0.553. The SMILES string of the molecule is Cc1ccc(S(=O)(=O)OCCC2CCN(C(=O)C3CCCCN3C(=O)OC(C)(C)C)CC2)cc1. The van der Waals surface area contributed by atoms with Crippen LogP contribution in [0.25, 0.3) is 0 Å². The highest BCUT2D eigenvalue weighted by Crippen LogP contribution is 2.26. The Morgan fingerprint density at radius 3 is 2.26 bits per heavy atom. The minimum absolute atomic E-state index is 0.0118. The zero-order valence-corrected chi connectivity index (χ0v) is 21.6. The second-order valence-corrected chi connectivity index (χ2v) is 11.9. The first-order valence-electron chi connectivity index (χ1n) is 12.2. The Labute approximate surface area is 203 Å². The van der Waals surface area contributed by atoms with Gasteiger partial charge in [0.2, 0.25) is 5.91 Å². The van der Waals surface area contributed by atoms with Gasteiger partial charge in [0.25, 0.3) is 10.1 Å². The topological polar surface area (TPSA) is 93.2 Å². The van der Waals surface area contributed by atoms with Gasteiger partial charge < -0.3 is 9.64 Å². The summed E-state index contributed by atoms with van der Waals surface area (Å²) in [6.45, 7) is 9.25. The average Bonchev–Trinajstić information content (AvgIpc) is 2.78. The van der Waals surface area contributed by atoms with Gasteiger partial charge in [-0.05, 0) is 84.3 Å². The highest BCUT2D eigenvalue weighted by molar-refractivity contribution is 7.86. The molecule has 3 rings (SSSR count). The molecule has 0 spiro atoms. The van der Waals surface area contributed by atoms with Gasteiger partial charge in [0, 0.05) is 19.6 Å². The van der Waals surface area contributed by atoms with Crippen LogP contribution >= 0.6 is 0 Å². The molecule has 1 aromatic carbocycles. The number of ether oxygens (including phenoxy) is 1. The summed E-state index contributed by atoms with van der Waals surface area (Å²) >= 11 is 0. The van der Waals surface area contributed by atoms with Crippen molar-refractivity contribution in [3.05, 3.63) is 29.8 Å². The molecule has 0 saturated carbocycles. The van der Waals surface area contributed by atoms with Crippen molar-refractivity contribution in [2.75, 3.05) is 26.2 Å². The highest BCUT2D eigenvalue weighted by Gasteiger charge is 2.37. The summed E-state index contributed by atoms with van der Waals surface area (Å²) in [5, 5.41) is 0. The zero-order valence-electron chi connectivity index (χ0n) is 20.8. The summed E-state index contributed by atoms with van der Waals surface area (Å²) in [7, 11) is -3.76. The van der Waals surface area contributed by atoms with E-state index in [0.717, 1.165) is 31.2 Å². The second-order valence-electron chi connectivity index (χ2n) is 10.3. The van der Waals surface area contributed by atoms with E-state index in [4.69, 9.17) is 8.92 Å². The molecule has 34 heavy (non-hydrogen) atoms. The van der Waals surface area contributed by atoms with Gasteiger partial charge in [0.15, 0.2) is 0 Å². The minimum Gasteiger partial charge on any atom is -0.444 e. The molecule has 2 fully saturated rings. The van der Waals surface area contributed by atoms with E-state index in [9.17, 15) is 18.0 Å². The predicted molar refractivity (Wildman–Crippen MR) is 129 cm³/mol. The van der Waals surface area contributed by atoms with Crippen molar-refractivity contribution in [3.8, 4) is 0 Å². The molecule has 2 aliphatic heterocycles. The maximum absolute atomic E-state index is 13.2. The fraction of sp³-hybridized carbons (Fsp3) is 0.680. The lowest BCUT2D eigenvalue weighted by atomic mass is 9.93. The van der Waals surface area contributed by atoms with Crippen LogP contribution in [0.3, 0.4) is 0 Å². The summed E-state index contributed by atoms with van der Waals surface area (Å²) in [6, 6.07) is 6.14. The van der Waals surface area contributed by atoms with Crippen molar-refractivity contribution in [1.29, 1.82) is 0 Å². The van der Waals surface area contributed by atoms with Gasteiger partial charge in [0.05, 0.1) is 11.5 Å². The molecule has 0 bridgehead atoms. The third-order valence-electron chi connectivity index (χ3n) is 6.42. The minimum atomic E-state index is -3.76. The van der Waals surface area contributed by atoms with E-state index >= 15 is 0 Å². The lowest BCUT2D eigenvalue weighted by molar-refractivity contribution is -0.139. The van der Waals surface area contributed by atoms with Crippen LogP contribution in [-0.4, -0.2) is 68.1 Å². The Balaban J connectivity index is 1.47. The van der Waals surface area contributed by atoms with E-state index in [-0.39, 0.29) is 17.4 Å². The van der Waals surface area contributed by atoms with Crippen molar-refractivity contribution < 1.29 is 26.9 Å². The van der Waals surface area contributed by atoms with Crippen molar-refractivity contribution >= 4 is 22.1 Å². The number of hydrogen-bond acceptors (Lipinski definition) is 6. The van der Waals surface area contributed by atoms with Gasteiger partial charge >= 0.3 is 6.09 Å². The van der Waals surface area contributed by atoms with E-state index in [0.29, 0.717) is 38.4 Å². The standard InChI is InChI=1S/C25H38N2O6S/c1-19-8-10-21(11-9-19)34(30,31)32-18-14-20-12-16-26(17-13-20)23(28)22-7-5-6-15-27(22)24(29)33-25(2,3)4/h8-11,20,22H,5-7,12-18H2,1-4H3. The maximum Gasteiger partial charge on any atom is 0.410 e. The average molecular weight is 495 g/mol. The first-order valence-corrected chi connectivity index (χ1v) is 13.6. The smallest absolute Gasteiger partial charge is 0.410 e. The molecule has 0 aromatic heterocycles. The molecule has 9 heteroatoms. The monoisotopic (exact) mass is 494 g/mol. The normalized spacial score (nSPS) is 20.3. The Bertz CT molecular complexity index is 947. The van der Waals surface area contributed by atoms with Gasteiger partial charge in [-0.1, -0.05) is 17.7 Å². The maximum atomic E-state index is 13.2. The lowest BCUT2D eigenvalue weighted by Crippen LogP contribution is -2.55. The van der Waals surface area contributed by atoms with Crippen LogP contribution in [0.15, 0.2) is 29.2 Å². The number of carbonyl (C=O) groups excluding carboxylic acids is 2. The van der Waals surface area contributed by atoms with Crippen LogP contribution in [-0.2, 0) is 23.8 Å². The number of amides is 2. The van der Waals surface area contributed by atoms with Crippen molar-refractivity contribution in [2.24, 2.45) is 5.92 Å². The molecular formula is C25H38N2O6S. The van der Waals surface area contributed by atoms with E-state index in [1.165, 1.54) is 0 Å². The van der Waals surface area contributed by atoms with Crippen LogP contribution in [0, 0.1) is 12.8 Å². The fourth-order valence-corrected chi connectivity index (χ4v) is 5.40. The molecule has 0 radical (unpaired) electrons. The molecule has 2 heterocycles. The number of carbonyl (C=O) groups is 2. The summed E-state index contributed by atoms with van der Waals surface area (Å²) < 4.78 is 35.5. The van der Waals surface area contributed by atoms with Crippen LogP contribution in [0.4, 0.5) is 4.79 Å². The third-order valence-corrected chi connectivity index (χ3v) is 7.74. The second kappa shape index (κ2) is 11.1. The number of piperidine rings is 2. The van der Waals surface area contributed by atoms with Gasteiger partial charge in [-0.2, -0.15) is 8.42 Å². The molecule has 2 amide bonds. The van der Waals surface area contributed by atoms with Crippen molar-refractivity contribution in [1.82, 2.24) is 9.80 Å². The van der Waals surface area contributed by atoms with E-state index in [2.05, 4.69) is 0 Å². The molecule has 1 unspecified atom stereocenters. The van der Waals surface area contributed by atoms with Gasteiger partial charge in [-0.25, -0.2) is 4.79 Å². The van der Waals surface area contributed by atoms with Gasteiger partial charge in [0.1, 0.15) is 11.6 Å². The van der Waals surface area contributed by atoms with Crippen LogP contribution in [0.1, 0.15) is 64.9 Å². The summed E-state index contributed by atoms with van der Waals surface area (Å²) in [5.41, 5.74) is 0.387. The Morgan fingerprint density at radius 2 is 1.65 bits per heavy atom. The Hall–Kier alpha value is -2.13. The largest absolute Gasteiger partial charge is 0.444 e. The number of nitrogens with zero attached hydrogens (tertiary/aromatic N) is 2. The Kier molecular flexibility index (Phi) is 8.62. The van der Waals surface area contributed by atoms with Crippen LogP contribution in [0.5, 0.6) is 0 Å². The molecular weight excluding hydrogens is 456 g/mol. The van der Waals surface area contributed by atoms with Crippen molar-refractivity contribution in [3.63, 3.8) is 0 Å². The van der Waals surface area contributed by atoms with Crippen molar-refractivity contribution in [2.45, 2.75) is 82.8 Å². The molecule has 190 valence electrons. The van der Waals surface area contributed by atoms with E-state index < -0.39 is 27.9 Å². The van der Waals surface area contributed by atoms with E-state index in [1.54, 1.807) is 29.2 Å². The zero-order chi connectivity index (χ0) is 24.9. The van der Waals surface area contributed by atoms with Gasteiger partial charge in [-0.15, -0.1) is 0 Å². The number of rotatable bonds is 6. The number of benzene rings is 1. The number of hydrogen-bond donors (Lipinski definition) is 0. The molecule has 0 aliphatic carbocycles. The molecule has 1 aromatic rings. The number of likely N-dealkylation sites (tertiary alicyclic amines) is 2. The Morgan fingerprint density at radius 1 is 1.00 bits per heavy atom. The highest BCUT2D eigenvalue weighted by atomic mass is 32.2. The molecule has 2 aliphatic rings. The summed E-state index contributed by atoms with van der Waals surface area (Å²) in [5.74, 6) is 0.285. The number of aryl methyl sites for hydroxylation is 1. The summed E-state index contributed by atoms with van der Waals surface area (Å²) in [4.78, 5) is 29.5. The first-order chi connectivity index (χ1) is 16.0. The first kappa shape index (κ1) is 26.5.